The third kappa shape index (κ3) is 39.3. The van der Waals surface area contributed by atoms with E-state index in [9.17, 15) is 0 Å². The van der Waals surface area contributed by atoms with E-state index in [1.165, 1.54) is 61.2 Å². The molecule has 0 unspecified atom stereocenters. The van der Waals surface area contributed by atoms with Crippen molar-refractivity contribution in [2.45, 2.75) is 309 Å². The van der Waals surface area contributed by atoms with Crippen molar-refractivity contribution in [3.05, 3.63) is 274 Å². The fraction of sp³-hybridized carbons (Fsp3) is 0.397. The summed E-state index contributed by atoms with van der Waals surface area (Å²) in [6.45, 7) is 75.4. The molecule has 0 bridgehead atoms. The molecule has 0 aliphatic heterocycles. The van der Waals surface area contributed by atoms with E-state index in [0.717, 1.165) is 144 Å². The van der Waals surface area contributed by atoms with Crippen LogP contribution in [0.15, 0.2) is 262 Å². The molecular formula is C116H161N19. The summed E-state index contributed by atoms with van der Waals surface area (Å²) in [5.41, 5.74) is 28.7. The van der Waals surface area contributed by atoms with Crippen LogP contribution in [-0.2, 0) is 6.42 Å². The number of nitrogens with zero attached hydrogens (tertiary/aromatic N) is 10. The molecule has 0 amide bonds. The summed E-state index contributed by atoms with van der Waals surface area (Å²) in [7, 11) is 0. The third-order valence-electron chi connectivity index (χ3n) is 20.8. The molecule has 0 aliphatic rings. The minimum absolute atomic E-state index is 0.0942. The summed E-state index contributed by atoms with van der Waals surface area (Å²) < 4.78 is 0. The van der Waals surface area contributed by atoms with Crippen molar-refractivity contribution >= 4 is 138 Å². The number of rotatable bonds is 23. The maximum Gasteiger partial charge on any atom is 0.104 e. The molecule has 10 aromatic carbocycles. The molecule has 0 aromatic heterocycles. The van der Waals surface area contributed by atoms with Gasteiger partial charge in [-0.25, -0.2) is 20.0 Å². The van der Waals surface area contributed by atoms with E-state index in [2.05, 4.69) is 369 Å². The minimum Gasteiger partial charge on any atom is -0.344 e. The lowest BCUT2D eigenvalue weighted by Gasteiger charge is -2.19. The second-order valence-corrected chi connectivity index (χ2v) is 38.9. The molecule has 0 spiro atoms. The zero-order chi connectivity index (χ0) is 100. The average Bonchev–Trinajstić information content (AvgIpc) is 0.800. The van der Waals surface area contributed by atoms with Crippen LogP contribution in [-0.4, -0.2) is 87.4 Å². The van der Waals surface area contributed by atoms with Crippen LogP contribution in [0.2, 0.25) is 0 Å². The van der Waals surface area contributed by atoms with Gasteiger partial charge in [0.25, 0.3) is 0 Å². The molecule has 0 saturated heterocycles. The van der Waals surface area contributed by atoms with E-state index in [1.807, 2.05) is 165 Å². The third-order valence-corrected chi connectivity index (χ3v) is 20.8. The normalized spacial score (nSPS) is 12.8. The zero-order valence-corrected chi connectivity index (χ0v) is 88.4. The lowest BCUT2D eigenvalue weighted by molar-refractivity contribution is 0.582. The zero-order valence-electron chi connectivity index (χ0n) is 88.4. The summed E-state index contributed by atoms with van der Waals surface area (Å²) in [6.07, 6.45) is 0.879. The van der Waals surface area contributed by atoms with Gasteiger partial charge in [-0.2, -0.15) is 0 Å². The van der Waals surface area contributed by atoms with Gasteiger partial charge in [-0.1, -0.05) is 201 Å². The summed E-state index contributed by atoms with van der Waals surface area (Å²) in [6, 6.07) is 73.5. The molecule has 9 N–H and O–H groups in total. The van der Waals surface area contributed by atoms with Gasteiger partial charge >= 0.3 is 0 Å². The smallest absolute Gasteiger partial charge is 0.104 e. The minimum atomic E-state index is -0.0942. The molecule has 0 heterocycles. The van der Waals surface area contributed by atoms with E-state index in [4.69, 9.17) is 25.0 Å². The van der Waals surface area contributed by atoms with E-state index < -0.39 is 0 Å². The average molecular weight is 1820 g/mol. The predicted molar refractivity (Wildman–Crippen MR) is 600 cm³/mol. The summed E-state index contributed by atoms with van der Waals surface area (Å²) in [5, 5.41) is 30.7. The quantitative estimate of drug-likeness (QED) is 0.0219. The van der Waals surface area contributed by atoms with E-state index in [1.54, 1.807) is 0 Å². The molecule has 720 valence electrons. The van der Waals surface area contributed by atoms with Gasteiger partial charge in [-0.15, -0.1) is 0 Å². The number of benzene rings is 10. The van der Waals surface area contributed by atoms with E-state index >= 15 is 0 Å². The highest BCUT2D eigenvalue weighted by molar-refractivity contribution is 6.06. The maximum absolute atomic E-state index is 5.09. The van der Waals surface area contributed by atoms with Gasteiger partial charge in [0.15, 0.2) is 0 Å². The van der Waals surface area contributed by atoms with Gasteiger partial charge in [0.2, 0.25) is 0 Å². The van der Waals surface area contributed by atoms with Crippen LogP contribution >= 0.6 is 0 Å². The SMILES string of the molecule is CC(=NC(C)(C)C)Nc1ccccc1NC(C)=NC(C)(C)C.CC(=NC(C)C)Nc1ccccc1NC(C)=NC(C)C.CC(=Nc1c(C(C)C)cccc1C(C)C)Nc1ccccc1NC(C)=Nc1c(C(C)C)cccc1C(C)C.CC(=Nc1c(C)cccc1C)Nc1ccccc1NC(C)=Nc1c(C)cccc1C.CC(Cc1c(C)cccc1C)=Nc1cccc(NC(C)=NC(C)C)c1. The molecule has 10 rings (SSSR count). The van der Waals surface area contributed by atoms with Crippen LogP contribution in [0.4, 0.5) is 79.6 Å². The molecule has 0 saturated carbocycles. The van der Waals surface area contributed by atoms with Crippen LogP contribution in [0.3, 0.4) is 0 Å². The van der Waals surface area contributed by atoms with E-state index in [0.29, 0.717) is 23.7 Å². The van der Waals surface area contributed by atoms with Crippen LogP contribution in [0.5, 0.6) is 0 Å². The van der Waals surface area contributed by atoms with Crippen molar-refractivity contribution in [3.63, 3.8) is 0 Å². The number of aliphatic imine (C=N–C) groups is 10. The number of anilines is 9. The Morgan fingerprint density at radius 3 is 0.733 bits per heavy atom. The lowest BCUT2D eigenvalue weighted by atomic mass is 9.93. The van der Waals surface area contributed by atoms with Gasteiger partial charge in [0.05, 0.1) is 114 Å². The topological polar surface area (TPSA) is 232 Å². The number of amidine groups is 9. The summed E-state index contributed by atoms with van der Waals surface area (Å²) in [5.74, 6) is 9.53. The highest BCUT2D eigenvalue weighted by Gasteiger charge is 2.19. The number of nitrogens with one attached hydrogen (secondary N) is 9. The molecule has 0 aliphatic carbocycles. The van der Waals surface area contributed by atoms with Gasteiger partial charge in [-0.3, -0.25) is 30.0 Å². The monoisotopic (exact) mass is 1820 g/mol. The standard InChI is InChI=1S/C34H46N4.C26H30N4.C22H29N3.C18H30N4.C16H26N4/c1-21(2)27-15-13-16-28(22(3)4)33(27)37-25(9)35-31-19-11-12-20-32(31)36-26(10)38-34-29(23(5)6)17-14-18-30(34)24(7)8;1-17-11-9-12-18(2)25(17)29-21(5)27-23-15-7-8-16-24(23)28-22(6)30-26-19(3)13-10-14-20(26)4;1-15(2)23-19(6)25-21-12-8-11-20(14-21)24-18(5)13-22-16(3)9-7-10-17(22)4;1-13(21-17(3,4)5)19-15-11-9-10-12-16(15)20-14(2)22-18(6,7)8;1-11(2)17-13(5)19-15-9-7-8-10-16(15)20-14(6)18-12(3)4/h11-24H,1-10H3,(H,35,37)(H,36,38);7-16H,1-6H3,(H,27,29)(H,28,30);7-12,14-15H,13H2,1-6H3,(H,23,25);9-12H,1-8H3,(H,19,21)(H,20,22);7-12H,1-6H3,(H,17,19)(H,18,20). The summed E-state index contributed by atoms with van der Waals surface area (Å²) >= 11 is 0. The van der Waals surface area contributed by atoms with Crippen LogP contribution in [0.1, 0.15) is 293 Å². The fourth-order valence-electron chi connectivity index (χ4n) is 15.2. The first-order chi connectivity index (χ1) is 63.5. The maximum atomic E-state index is 5.09. The highest BCUT2D eigenvalue weighted by atomic mass is 15.1. The first-order valence-corrected chi connectivity index (χ1v) is 47.9. The molecule has 10 aromatic rings. The Morgan fingerprint density at radius 1 is 0.244 bits per heavy atom. The number of hydrogen-bond acceptors (Lipinski definition) is 10. The number of hydrogen-bond donors (Lipinski definition) is 9. The largest absolute Gasteiger partial charge is 0.344 e. The van der Waals surface area contributed by atoms with Gasteiger partial charge in [0.1, 0.15) is 23.3 Å². The van der Waals surface area contributed by atoms with Gasteiger partial charge in [0, 0.05) is 35.9 Å². The molecule has 0 radical (unpaired) electrons. The van der Waals surface area contributed by atoms with Crippen LogP contribution in [0, 0.1) is 41.5 Å². The van der Waals surface area contributed by atoms with E-state index in [-0.39, 0.29) is 29.2 Å². The Balaban J connectivity index is 0.000000264. The molecule has 0 fully saturated rings. The predicted octanol–water partition coefficient (Wildman–Crippen LogP) is 32.7. The number of aryl methyl sites for hydroxylation is 6. The summed E-state index contributed by atoms with van der Waals surface area (Å²) in [4.78, 5) is 47.4. The van der Waals surface area contributed by atoms with Gasteiger partial charge in [-0.05, 0) is 345 Å². The van der Waals surface area contributed by atoms with Crippen molar-refractivity contribution in [1.82, 2.24) is 0 Å². The number of para-hydroxylation sites is 12. The van der Waals surface area contributed by atoms with Crippen molar-refractivity contribution in [1.29, 1.82) is 0 Å². The fourth-order valence-corrected chi connectivity index (χ4v) is 15.2. The van der Waals surface area contributed by atoms with Crippen molar-refractivity contribution < 1.29 is 0 Å². The Hall–Kier alpha value is -12.9. The first kappa shape index (κ1) is 111. The molecule has 19 nitrogen and oxygen atoms in total. The molecule has 19 heteroatoms. The Bertz CT molecular complexity index is 5440. The Morgan fingerprint density at radius 2 is 0.474 bits per heavy atom. The Kier molecular flexibility index (Phi) is 44.2. The van der Waals surface area contributed by atoms with Gasteiger partial charge < -0.3 is 47.9 Å². The molecular weight excluding hydrogens is 1660 g/mol. The Labute approximate surface area is 812 Å². The second-order valence-electron chi connectivity index (χ2n) is 38.9. The second kappa shape index (κ2) is 53.9. The first-order valence-electron chi connectivity index (χ1n) is 47.9. The molecule has 135 heavy (non-hydrogen) atoms. The van der Waals surface area contributed by atoms with Crippen LogP contribution in [0.25, 0.3) is 0 Å². The van der Waals surface area contributed by atoms with Crippen LogP contribution < -0.4 is 47.9 Å². The molecule has 0 atom stereocenters. The lowest BCUT2D eigenvalue weighted by Crippen LogP contribution is -2.20. The van der Waals surface area contributed by atoms with Crippen molar-refractivity contribution in [2.75, 3.05) is 47.9 Å². The van der Waals surface area contributed by atoms with Crippen molar-refractivity contribution in [2.24, 2.45) is 49.9 Å². The van der Waals surface area contributed by atoms with Crippen molar-refractivity contribution in [3.8, 4) is 0 Å². The highest BCUT2D eigenvalue weighted by Crippen LogP contribution is 2.39.